The second-order valence-electron chi connectivity index (χ2n) is 9.71. The average Bonchev–Trinajstić information content (AvgIpc) is 2.90. The lowest BCUT2D eigenvalue weighted by Gasteiger charge is -2.35. The lowest BCUT2D eigenvalue weighted by atomic mass is 9.92. The highest BCUT2D eigenvalue weighted by Gasteiger charge is 2.23. The van der Waals surface area contributed by atoms with Gasteiger partial charge in [0, 0.05) is 30.2 Å². The molecule has 0 spiro atoms. The van der Waals surface area contributed by atoms with E-state index in [2.05, 4.69) is 41.2 Å². The third kappa shape index (κ3) is 5.30. The van der Waals surface area contributed by atoms with Crippen molar-refractivity contribution in [2.75, 3.05) is 25.1 Å². The molecule has 36 heavy (non-hydrogen) atoms. The highest BCUT2D eigenvalue weighted by molar-refractivity contribution is 5.94. The van der Waals surface area contributed by atoms with E-state index >= 15 is 0 Å². The molecule has 0 saturated carbocycles. The Morgan fingerprint density at radius 3 is 2.58 bits per heavy atom. The summed E-state index contributed by atoms with van der Waals surface area (Å²) in [7, 11) is 1.58. The summed E-state index contributed by atoms with van der Waals surface area (Å²) < 4.78 is 5.21. The third-order valence-corrected chi connectivity index (χ3v) is 6.58. The fraction of sp³-hybridized carbons (Fsp3) is 0.310. The van der Waals surface area contributed by atoms with Gasteiger partial charge in [0.25, 0.3) is 5.91 Å². The van der Waals surface area contributed by atoms with E-state index in [1.165, 1.54) is 6.42 Å². The SMILES string of the molecule is COc1cccc(C(=O)NCc2cc3nc(-c4cccc(N5CC(C)CC(C)C5)n4)ccc3cn2)c1. The summed E-state index contributed by atoms with van der Waals surface area (Å²) in [5.74, 6) is 2.79. The summed E-state index contributed by atoms with van der Waals surface area (Å²) in [5, 5.41) is 3.87. The molecule has 5 rings (SSSR count). The van der Waals surface area contributed by atoms with Gasteiger partial charge in [-0.3, -0.25) is 9.78 Å². The maximum Gasteiger partial charge on any atom is 0.251 e. The number of ether oxygens (including phenoxy) is 1. The normalized spacial score (nSPS) is 17.7. The van der Waals surface area contributed by atoms with Crippen LogP contribution in [0.15, 0.2) is 66.9 Å². The van der Waals surface area contributed by atoms with Crippen LogP contribution in [0.5, 0.6) is 5.75 Å². The third-order valence-electron chi connectivity index (χ3n) is 6.58. The molecule has 2 unspecified atom stereocenters. The lowest BCUT2D eigenvalue weighted by Crippen LogP contribution is -2.39. The van der Waals surface area contributed by atoms with Gasteiger partial charge >= 0.3 is 0 Å². The fourth-order valence-electron chi connectivity index (χ4n) is 4.93. The molecule has 0 radical (unpaired) electrons. The van der Waals surface area contributed by atoms with Crippen molar-refractivity contribution in [1.29, 1.82) is 0 Å². The van der Waals surface area contributed by atoms with Crippen molar-refractivity contribution in [2.45, 2.75) is 26.8 Å². The van der Waals surface area contributed by atoms with Crippen molar-refractivity contribution in [3.8, 4) is 17.1 Å². The molecule has 184 valence electrons. The second kappa shape index (κ2) is 10.3. The van der Waals surface area contributed by atoms with E-state index < -0.39 is 0 Å². The zero-order chi connectivity index (χ0) is 25.1. The number of nitrogens with one attached hydrogen (secondary N) is 1. The molecule has 1 saturated heterocycles. The molecule has 1 amide bonds. The van der Waals surface area contributed by atoms with Crippen LogP contribution < -0.4 is 15.0 Å². The molecule has 1 fully saturated rings. The molecule has 7 nitrogen and oxygen atoms in total. The number of carbonyl (C=O) groups is 1. The van der Waals surface area contributed by atoms with Gasteiger partial charge in [0.2, 0.25) is 0 Å². The standard InChI is InChI=1S/C29H31N5O2/c1-19-12-20(2)18-34(17-19)28-9-5-8-25(33-28)26-11-10-22-15-30-23(14-27(22)32-26)16-31-29(35)21-6-4-7-24(13-21)36-3/h4-11,13-15,19-20H,12,16-18H2,1-3H3,(H,31,35). The minimum atomic E-state index is -0.181. The first-order chi connectivity index (χ1) is 17.5. The number of anilines is 1. The first kappa shape index (κ1) is 23.7. The van der Waals surface area contributed by atoms with E-state index in [1.807, 2.05) is 30.3 Å². The highest BCUT2D eigenvalue weighted by Crippen LogP contribution is 2.27. The van der Waals surface area contributed by atoms with Crippen molar-refractivity contribution < 1.29 is 9.53 Å². The maximum absolute atomic E-state index is 12.6. The smallest absolute Gasteiger partial charge is 0.251 e. The van der Waals surface area contributed by atoms with Crippen LogP contribution in [0.3, 0.4) is 0 Å². The van der Waals surface area contributed by atoms with Gasteiger partial charge in [-0.2, -0.15) is 0 Å². The zero-order valence-corrected chi connectivity index (χ0v) is 20.9. The lowest BCUT2D eigenvalue weighted by molar-refractivity contribution is 0.0950. The minimum absolute atomic E-state index is 0.181. The van der Waals surface area contributed by atoms with Crippen LogP contribution in [0.25, 0.3) is 22.3 Å². The van der Waals surface area contributed by atoms with Gasteiger partial charge in [-0.05, 0) is 66.8 Å². The molecule has 0 aliphatic carbocycles. The number of piperidine rings is 1. The summed E-state index contributed by atoms with van der Waals surface area (Å²) >= 11 is 0. The first-order valence-corrected chi connectivity index (χ1v) is 12.4. The molecule has 1 N–H and O–H groups in total. The topological polar surface area (TPSA) is 80.2 Å². The Labute approximate surface area is 211 Å². The first-order valence-electron chi connectivity index (χ1n) is 12.4. The van der Waals surface area contributed by atoms with Gasteiger partial charge in [-0.25, -0.2) is 9.97 Å². The zero-order valence-electron chi connectivity index (χ0n) is 20.9. The van der Waals surface area contributed by atoms with E-state index in [0.29, 0.717) is 29.7 Å². The van der Waals surface area contributed by atoms with Gasteiger partial charge < -0.3 is 15.0 Å². The Kier molecular flexibility index (Phi) is 6.80. The predicted octanol–water partition coefficient (Wildman–Crippen LogP) is 5.11. The predicted molar refractivity (Wildman–Crippen MR) is 142 cm³/mol. The molecule has 7 heteroatoms. The second-order valence-corrected chi connectivity index (χ2v) is 9.71. The molecule has 1 aromatic carbocycles. The summed E-state index contributed by atoms with van der Waals surface area (Å²) in [5.41, 5.74) is 3.77. The Balaban J connectivity index is 1.34. The minimum Gasteiger partial charge on any atom is -0.497 e. The molecule has 2 atom stereocenters. The average molecular weight is 482 g/mol. The summed E-state index contributed by atoms with van der Waals surface area (Å²) in [6, 6.07) is 19.1. The number of pyridine rings is 3. The van der Waals surface area contributed by atoms with Crippen molar-refractivity contribution in [1.82, 2.24) is 20.3 Å². The summed E-state index contributed by atoms with van der Waals surface area (Å²) in [6.45, 7) is 6.98. The van der Waals surface area contributed by atoms with Crippen LogP contribution in [0.4, 0.5) is 5.82 Å². The van der Waals surface area contributed by atoms with Gasteiger partial charge in [-0.15, -0.1) is 0 Å². The highest BCUT2D eigenvalue weighted by atomic mass is 16.5. The number of aromatic nitrogens is 3. The Morgan fingerprint density at radius 2 is 1.78 bits per heavy atom. The van der Waals surface area contributed by atoms with Gasteiger partial charge in [0.15, 0.2) is 0 Å². The molecule has 1 aliphatic rings. The van der Waals surface area contributed by atoms with E-state index in [1.54, 1.807) is 31.5 Å². The van der Waals surface area contributed by atoms with Crippen LogP contribution in [-0.4, -0.2) is 41.1 Å². The van der Waals surface area contributed by atoms with Crippen molar-refractivity contribution in [3.63, 3.8) is 0 Å². The number of hydrogen-bond donors (Lipinski definition) is 1. The van der Waals surface area contributed by atoms with Crippen molar-refractivity contribution >= 4 is 22.6 Å². The number of nitrogens with zero attached hydrogens (tertiary/aromatic N) is 4. The maximum atomic E-state index is 12.6. The Bertz CT molecular complexity index is 1380. The Morgan fingerprint density at radius 1 is 1.00 bits per heavy atom. The number of methoxy groups -OCH3 is 1. The molecular formula is C29H31N5O2. The summed E-state index contributed by atoms with van der Waals surface area (Å²) in [6.07, 6.45) is 3.05. The molecular weight excluding hydrogens is 450 g/mol. The van der Waals surface area contributed by atoms with Crippen LogP contribution >= 0.6 is 0 Å². The van der Waals surface area contributed by atoms with Crippen LogP contribution in [-0.2, 0) is 6.54 Å². The number of benzene rings is 1. The summed E-state index contributed by atoms with van der Waals surface area (Å²) in [4.78, 5) is 29.3. The monoisotopic (exact) mass is 481 g/mol. The molecule has 0 bridgehead atoms. The quantitative estimate of drug-likeness (QED) is 0.412. The van der Waals surface area contributed by atoms with Crippen LogP contribution in [0.1, 0.15) is 36.3 Å². The van der Waals surface area contributed by atoms with Gasteiger partial charge in [-0.1, -0.05) is 26.0 Å². The van der Waals surface area contributed by atoms with E-state index in [-0.39, 0.29) is 5.91 Å². The van der Waals surface area contributed by atoms with Gasteiger partial charge in [0.05, 0.1) is 36.3 Å². The Hall–Kier alpha value is -4.00. The number of amides is 1. The number of carbonyl (C=O) groups excluding carboxylic acids is 1. The van der Waals surface area contributed by atoms with E-state index in [0.717, 1.165) is 46.9 Å². The largest absolute Gasteiger partial charge is 0.497 e. The number of rotatable bonds is 6. The van der Waals surface area contributed by atoms with E-state index in [9.17, 15) is 4.79 Å². The number of fused-ring (bicyclic) bond motifs is 1. The molecule has 3 aromatic heterocycles. The van der Waals surface area contributed by atoms with Crippen LogP contribution in [0.2, 0.25) is 0 Å². The molecule has 1 aliphatic heterocycles. The molecule has 4 aromatic rings. The molecule has 4 heterocycles. The fourth-order valence-corrected chi connectivity index (χ4v) is 4.93. The number of hydrogen-bond acceptors (Lipinski definition) is 6. The van der Waals surface area contributed by atoms with Crippen molar-refractivity contribution in [3.05, 3.63) is 78.1 Å². The van der Waals surface area contributed by atoms with Gasteiger partial charge in [0.1, 0.15) is 11.6 Å². The van der Waals surface area contributed by atoms with Crippen molar-refractivity contribution in [2.24, 2.45) is 11.8 Å². The van der Waals surface area contributed by atoms with Crippen LogP contribution in [0, 0.1) is 11.8 Å². The van der Waals surface area contributed by atoms with E-state index in [4.69, 9.17) is 14.7 Å².